The van der Waals surface area contributed by atoms with Crippen LogP contribution < -0.4 is 4.57 Å². The maximum atomic E-state index is 13.1. The molecule has 2 rings (SSSR count). The fourth-order valence-electron chi connectivity index (χ4n) is 3.04. The number of nitrogens with zero attached hydrogens (tertiary/aromatic N) is 3. The Labute approximate surface area is 172 Å². The van der Waals surface area contributed by atoms with E-state index in [1.165, 1.54) is 7.11 Å². The summed E-state index contributed by atoms with van der Waals surface area (Å²) in [6.45, 7) is 22.6. The predicted molar refractivity (Wildman–Crippen MR) is 124 cm³/mol. The summed E-state index contributed by atoms with van der Waals surface area (Å²) in [6, 6.07) is 8.20. The lowest BCUT2D eigenvalue weighted by molar-refractivity contribution is 0.182. The molecule has 28 heavy (non-hydrogen) atoms. The van der Waals surface area contributed by atoms with Crippen LogP contribution in [0.4, 0.5) is 10.7 Å². The van der Waals surface area contributed by atoms with E-state index in [4.69, 9.17) is 9.72 Å². The van der Waals surface area contributed by atoms with E-state index in [-0.39, 0.29) is 16.2 Å². The topological polar surface area (TPSA) is 47.4 Å². The average molecular weight is 420 g/mol. The summed E-state index contributed by atoms with van der Waals surface area (Å²) in [5.74, 6) is 0.742. The first-order valence-corrected chi connectivity index (χ1v) is 15.8. The molecule has 0 bridgehead atoms. The highest BCUT2D eigenvalue weighted by molar-refractivity contribution is 6.87. The van der Waals surface area contributed by atoms with Crippen molar-refractivity contribution >= 4 is 39.5 Å². The third kappa shape index (κ3) is 3.54. The molecule has 0 aliphatic carbocycles. The number of methoxy groups -OCH3 is 1. The maximum Gasteiger partial charge on any atom is 0.408 e. The van der Waals surface area contributed by atoms with Crippen molar-refractivity contribution in [2.24, 2.45) is 0 Å². The van der Waals surface area contributed by atoms with Crippen molar-refractivity contribution in [2.75, 3.05) is 11.7 Å². The fraction of sp³-hybridized carbons (Fsp3) is 0.619. The Hall–Kier alpha value is -1.61. The van der Waals surface area contributed by atoms with Crippen LogP contribution in [0.15, 0.2) is 24.3 Å². The van der Waals surface area contributed by atoms with Gasteiger partial charge in [0.15, 0.2) is 22.4 Å². The molecule has 1 aromatic heterocycles. The van der Waals surface area contributed by atoms with Gasteiger partial charge in [0.05, 0.1) is 18.1 Å². The van der Waals surface area contributed by atoms with Gasteiger partial charge < -0.3 is 8.97 Å². The average Bonchev–Trinajstić information content (AvgIpc) is 2.91. The monoisotopic (exact) mass is 419 g/mol. The van der Waals surface area contributed by atoms with E-state index in [0.717, 1.165) is 17.0 Å². The minimum absolute atomic E-state index is 0.0441. The SMILES string of the molecule is COC(=O)N(c1nc2ccccc2n1[Si](C)(C)C(C)(C)C)[Si](C)(C)C(C)(C)C. The molecular formula is C21H37N3O2Si2. The van der Waals surface area contributed by atoms with Gasteiger partial charge in [-0.3, -0.25) is 4.57 Å². The zero-order valence-electron chi connectivity index (χ0n) is 19.5. The zero-order chi connectivity index (χ0) is 21.7. The van der Waals surface area contributed by atoms with Crippen molar-refractivity contribution < 1.29 is 9.53 Å². The highest BCUT2D eigenvalue weighted by atomic mass is 28.3. The summed E-state index contributed by atoms with van der Waals surface area (Å²) in [5.41, 5.74) is 2.02. The van der Waals surface area contributed by atoms with Crippen molar-refractivity contribution in [1.82, 2.24) is 9.22 Å². The number of hydrogen-bond acceptors (Lipinski definition) is 3. The summed E-state index contributed by atoms with van der Waals surface area (Å²) in [6.07, 6.45) is -0.318. The minimum atomic E-state index is -2.29. The number of imidazole rings is 1. The number of aromatic nitrogens is 2. The standard InChI is InChI=1S/C21H37N3O2Si2/c1-20(2,3)27(8,9)23-17-15-13-12-14-16(17)22-18(23)24(19(25)26-7)28(10,11)21(4,5)6/h12-15H,1-11H3. The van der Waals surface area contributed by atoms with Crippen molar-refractivity contribution in [2.45, 2.75) is 77.8 Å². The van der Waals surface area contributed by atoms with Gasteiger partial charge in [0.25, 0.3) is 0 Å². The molecule has 5 nitrogen and oxygen atoms in total. The number of carbonyl (C=O) groups is 1. The van der Waals surface area contributed by atoms with Crippen molar-refractivity contribution in [3.63, 3.8) is 0 Å². The lowest BCUT2D eigenvalue weighted by atomic mass is 10.2. The van der Waals surface area contributed by atoms with E-state index in [1.807, 2.05) is 22.8 Å². The minimum Gasteiger partial charge on any atom is -0.453 e. The third-order valence-electron chi connectivity index (χ3n) is 6.89. The third-order valence-corrected chi connectivity index (χ3v) is 17.3. The molecule has 0 radical (unpaired) electrons. The van der Waals surface area contributed by atoms with Crippen LogP contribution in [0.2, 0.25) is 36.3 Å². The van der Waals surface area contributed by atoms with Gasteiger partial charge in [0, 0.05) is 0 Å². The van der Waals surface area contributed by atoms with E-state index in [1.54, 1.807) is 0 Å². The predicted octanol–water partition coefficient (Wildman–Crippen LogP) is 6.47. The zero-order valence-corrected chi connectivity index (χ0v) is 21.5. The largest absolute Gasteiger partial charge is 0.453 e. The number of rotatable bonds is 3. The summed E-state index contributed by atoms with van der Waals surface area (Å²) in [4.78, 5) is 18.1. The Bertz CT molecular complexity index is 874. The first kappa shape index (κ1) is 22.7. The number of amides is 1. The van der Waals surface area contributed by atoms with E-state index < -0.39 is 16.5 Å². The molecule has 0 aliphatic heterocycles. The lowest BCUT2D eigenvalue weighted by Crippen LogP contribution is -2.60. The van der Waals surface area contributed by atoms with Crippen LogP contribution in [-0.4, -0.2) is 38.9 Å². The number of anilines is 1. The van der Waals surface area contributed by atoms with Gasteiger partial charge in [-0.15, -0.1) is 0 Å². The second-order valence-electron chi connectivity index (χ2n) is 10.7. The summed E-state index contributed by atoms with van der Waals surface area (Å²) in [5, 5.41) is 0.0397. The van der Waals surface area contributed by atoms with Crippen LogP contribution in [0.3, 0.4) is 0 Å². The molecular weight excluding hydrogens is 382 g/mol. The van der Waals surface area contributed by atoms with Crippen LogP contribution in [0, 0.1) is 0 Å². The molecule has 0 saturated carbocycles. The van der Waals surface area contributed by atoms with Crippen LogP contribution in [0.5, 0.6) is 0 Å². The molecule has 7 heteroatoms. The van der Waals surface area contributed by atoms with Crippen LogP contribution >= 0.6 is 0 Å². The summed E-state index contributed by atoms with van der Waals surface area (Å²) in [7, 11) is -2.90. The van der Waals surface area contributed by atoms with Crippen molar-refractivity contribution in [1.29, 1.82) is 0 Å². The molecule has 0 unspecified atom stereocenters. The molecule has 156 valence electrons. The molecule has 0 saturated heterocycles. The number of benzene rings is 1. The molecule has 0 spiro atoms. The first-order chi connectivity index (χ1) is 12.6. The number of para-hydroxylation sites is 2. The smallest absolute Gasteiger partial charge is 0.408 e. The number of carbonyl (C=O) groups excluding carboxylic acids is 1. The number of ether oxygens (including phenoxy) is 1. The van der Waals surface area contributed by atoms with E-state index in [2.05, 4.69) is 78.0 Å². The molecule has 0 atom stereocenters. The molecule has 0 N–H and O–H groups in total. The summed E-state index contributed by atoms with van der Waals surface area (Å²) < 4.78 is 9.55. The van der Waals surface area contributed by atoms with Crippen LogP contribution in [0.1, 0.15) is 41.5 Å². The van der Waals surface area contributed by atoms with Gasteiger partial charge in [-0.05, 0) is 22.2 Å². The molecule has 0 aliphatic rings. The highest BCUT2D eigenvalue weighted by Gasteiger charge is 2.49. The van der Waals surface area contributed by atoms with E-state index in [0.29, 0.717) is 0 Å². The van der Waals surface area contributed by atoms with Crippen molar-refractivity contribution in [3.05, 3.63) is 24.3 Å². The van der Waals surface area contributed by atoms with E-state index >= 15 is 0 Å². The number of fused-ring (bicyclic) bond motifs is 1. The van der Waals surface area contributed by atoms with Gasteiger partial charge in [-0.1, -0.05) is 79.9 Å². The van der Waals surface area contributed by atoms with Crippen molar-refractivity contribution in [3.8, 4) is 0 Å². The second-order valence-corrected chi connectivity index (χ2v) is 20.8. The van der Waals surface area contributed by atoms with Crippen LogP contribution in [0.25, 0.3) is 11.0 Å². The van der Waals surface area contributed by atoms with Gasteiger partial charge in [0.1, 0.15) is 0 Å². The maximum absolute atomic E-state index is 13.1. The highest BCUT2D eigenvalue weighted by Crippen LogP contribution is 2.45. The van der Waals surface area contributed by atoms with Gasteiger partial charge in [0.2, 0.25) is 0 Å². The Morgan fingerprint density at radius 2 is 1.54 bits per heavy atom. The normalized spacial score (nSPS) is 13.7. The quantitative estimate of drug-likeness (QED) is 0.536. The lowest BCUT2D eigenvalue weighted by Gasteiger charge is -2.46. The van der Waals surface area contributed by atoms with Crippen LogP contribution in [-0.2, 0) is 4.74 Å². The molecule has 1 amide bonds. The molecule has 1 heterocycles. The van der Waals surface area contributed by atoms with Gasteiger partial charge in [-0.2, -0.15) is 0 Å². The molecule has 2 aromatic rings. The molecule has 0 fully saturated rings. The molecule has 1 aromatic carbocycles. The van der Waals surface area contributed by atoms with E-state index in [9.17, 15) is 4.79 Å². The fourth-order valence-corrected chi connectivity index (χ4v) is 7.12. The Kier molecular flexibility index (Phi) is 5.69. The Morgan fingerprint density at radius 3 is 2.00 bits per heavy atom. The second kappa shape index (κ2) is 7.02. The van der Waals surface area contributed by atoms with Gasteiger partial charge >= 0.3 is 6.09 Å². The van der Waals surface area contributed by atoms with Gasteiger partial charge in [-0.25, -0.2) is 9.78 Å². The first-order valence-electron chi connectivity index (χ1n) is 9.93. The number of hydrogen-bond donors (Lipinski definition) is 0. The summed E-state index contributed by atoms with van der Waals surface area (Å²) >= 11 is 0. The Balaban J connectivity index is 2.95. The Morgan fingerprint density at radius 1 is 1.00 bits per heavy atom.